The second-order valence-electron chi connectivity index (χ2n) is 7.20. The minimum absolute atomic E-state index is 0.273. The smallest absolute Gasteiger partial charge is 0.137 e. The van der Waals surface area contributed by atoms with Gasteiger partial charge in [-0.3, -0.25) is 14.5 Å². The monoisotopic (exact) mass is 369 g/mol. The Balaban J connectivity index is 1.33. The SMILES string of the molecule is Cn1cc2cc(-c3ccc(CCCC(=O)Cc4cccnc4)cc3)ccc2n1. The standard InChI is InChI=1S/C24H23N3O/c1-27-17-22-15-21(11-12-24(22)26-27)20-9-7-18(8-10-20)4-2-6-23(28)14-19-5-3-13-25-16-19/h3,5,7-13,15-17H,2,4,6,14H2,1H3. The van der Waals surface area contributed by atoms with Crippen molar-refractivity contribution in [2.75, 3.05) is 0 Å². The lowest BCUT2D eigenvalue weighted by Gasteiger charge is -2.05. The molecule has 0 aliphatic rings. The Morgan fingerprint density at radius 1 is 1.00 bits per heavy atom. The largest absolute Gasteiger partial charge is 0.299 e. The van der Waals surface area contributed by atoms with Gasteiger partial charge < -0.3 is 0 Å². The van der Waals surface area contributed by atoms with E-state index < -0.39 is 0 Å². The number of hydrogen-bond donors (Lipinski definition) is 0. The van der Waals surface area contributed by atoms with Crippen molar-refractivity contribution < 1.29 is 4.79 Å². The number of aromatic nitrogens is 3. The Labute approximate surface area is 164 Å². The molecule has 0 aliphatic carbocycles. The van der Waals surface area contributed by atoms with Gasteiger partial charge in [0.05, 0.1) is 5.52 Å². The molecule has 0 fully saturated rings. The van der Waals surface area contributed by atoms with Gasteiger partial charge in [-0.15, -0.1) is 0 Å². The van der Waals surface area contributed by atoms with Gasteiger partial charge in [0.25, 0.3) is 0 Å². The normalized spacial score (nSPS) is 11.0. The Morgan fingerprint density at radius 3 is 2.61 bits per heavy atom. The van der Waals surface area contributed by atoms with Crippen LogP contribution in [0.4, 0.5) is 0 Å². The van der Waals surface area contributed by atoms with Gasteiger partial charge in [-0.25, -0.2) is 0 Å². The van der Waals surface area contributed by atoms with Crippen LogP contribution in [0.3, 0.4) is 0 Å². The van der Waals surface area contributed by atoms with E-state index in [-0.39, 0.29) is 5.78 Å². The van der Waals surface area contributed by atoms with E-state index in [1.54, 1.807) is 12.4 Å². The molecule has 140 valence electrons. The van der Waals surface area contributed by atoms with Crippen molar-refractivity contribution in [1.29, 1.82) is 0 Å². The Bertz CT molecular complexity index is 1080. The highest BCUT2D eigenvalue weighted by Gasteiger charge is 2.06. The molecule has 0 amide bonds. The van der Waals surface area contributed by atoms with Crippen molar-refractivity contribution in [2.24, 2.45) is 7.05 Å². The summed E-state index contributed by atoms with van der Waals surface area (Å²) in [6.07, 6.45) is 8.40. The van der Waals surface area contributed by atoms with E-state index in [0.717, 1.165) is 29.3 Å². The van der Waals surface area contributed by atoms with E-state index in [2.05, 4.69) is 52.5 Å². The van der Waals surface area contributed by atoms with E-state index in [0.29, 0.717) is 12.8 Å². The first-order valence-electron chi connectivity index (χ1n) is 9.61. The topological polar surface area (TPSA) is 47.8 Å². The first-order valence-corrected chi connectivity index (χ1v) is 9.61. The molecule has 0 unspecified atom stereocenters. The van der Waals surface area contributed by atoms with Crippen LogP contribution in [0.5, 0.6) is 0 Å². The van der Waals surface area contributed by atoms with Crippen molar-refractivity contribution in [2.45, 2.75) is 25.7 Å². The molecule has 0 saturated heterocycles. The van der Waals surface area contributed by atoms with Crippen molar-refractivity contribution in [1.82, 2.24) is 14.8 Å². The molecule has 0 aliphatic heterocycles. The van der Waals surface area contributed by atoms with Crippen molar-refractivity contribution >= 4 is 16.7 Å². The first kappa shape index (κ1) is 18.1. The molecular formula is C24H23N3O. The van der Waals surface area contributed by atoms with Gasteiger partial charge in [-0.05, 0) is 53.3 Å². The van der Waals surface area contributed by atoms with E-state index in [4.69, 9.17) is 0 Å². The van der Waals surface area contributed by atoms with Crippen molar-refractivity contribution in [3.63, 3.8) is 0 Å². The van der Waals surface area contributed by atoms with Crippen LogP contribution in [0, 0.1) is 0 Å². The first-order chi connectivity index (χ1) is 13.7. The number of carbonyl (C=O) groups excluding carboxylic acids is 1. The molecule has 0 N–H and O–H groups in total. The van der Waals surface area contributed by atoms with Gasteiger partial charge in [-0.1, -0.05) is 36.4 Å². The maximum absolute atomic E-state index is 12.1. The summed E-state index contributed by atoms with van der Waals surface area (Å²) < 4.78 is 1.84. The molecule has 4 aromatic rings. The number of Topliss-reactive ketones (excluding diaryl/α,β-unsaturated/α-hetero) is 1. The number of carbonyl (C=O) groups is 1. The fourth-order valence-electron chi connectivity index (χ4n) is 3.50. The molecule has 0 radical (unpaired) electrons. The molecular weight excluding hydrogens is 346 g/mol. The number of pyridine rings is 1. The number of nitrogens with zero attached hydrogens (tertiary/aromatic N) is 3. The van der Waals surface area contributed by atoms with Crippen molar-refractivity contribution in [3.8, 4) is 11.1 Å². The van der Waals surface area contributed by atoms with Gasteiger partial charge >= 0.3 is 0 Å². The number of fused-ring (bicyclic) bond motifs is 1. The van der Waals surface area contributed by atoms with Gasteiger partial charge in [0.15, 0.2) is 0 Å². The molecule has 2 aromatic heterocycles. The van der Waals surface area contributed by atoms with Gasteiger partial charge in [0.1, 0.15) is 5.78 Å². The average Bonchev–Trinajstić information content (AvgIpc) is 3.08. The minimum atomic E-state index is 0.273. The van der Waals surface area contributed by atoms with E-state index in [9.17, 15) is 4.79 Å². The average molecular weight is 369 g/mol. The van der Waals surface area contributed by atoms with Crippen LogP contribution in [-0.4, -0.2) is 20.5 Å². The summed E-state index contributed by atoms with van der Waals surface area (Å²) >= 11 is 0. The van der Waals surface area contributed by atoms with Crippen LogP contribution in [0.15, 0.2) is 73.2 Å². The van der Waals surface area contributed by atoms with Crippen LogP contribution in [0.1, 0.15) is 24.0 Å². The maximum atomic E-state index is 12.1. The second-order valence-corrected chi connectivity index (χ2v) is 7.20. The summed E-state index contributed by atoms with van der Waals surface area (Å²) in [5.74, 6) is 0.273. The zero-order chi connectivity index (χ0) is 19.3. The predicted octanol–water partition coefficient (Wildman–Crippen LogP) is 4.77. The van der Waals surface area contributed by atoms with E-state index in [1.807, 2.05) is 30.1 Å². The molecule has 2 aromatic carbocycles. The summed E-state index contributed by atoms with van der Waals surface area (Å²) in [4.78, 5) is 16.2. The summed E-state index contributed by atoms with van der Waals surface area (Å²) in [7, 11) is 1.94. The van der Waals surface area contributed by atoms with Crippen molar-refractivity contribution in [3.05, 3.63) is 84.3 Å². The van der Waals surface area contributed by atoms with E-state index in [1.165, 1.54) is 16.7 Å². The summed E-state index contributed by atoms with van der Waals surface area (Å²) in [6, 6.07) is 18.8. The molecule has 0 bridgehead atoms. The number of aryl methyl sites for hydroxylation is 2. The number of ketones is 1. The number of benzene rings is 2. The summed E-state index contributed by atoms with van der Waals surface area (Å²) in [5, 5.41) is 5.57. The van der Waals surface area contributed by atoms with Crippen LogP contribution in [-0.2, 0) is 24.7 Å². The fourth-order valence-corrected chi connectivity index (χ4v) is 3.50. The second kappa shape index (κ2) is 8.17. The highest BCUT2D eigenvalue weighted by atomic mass is 16.1. The third kappa shape index (κ3) is 4.34. The van der Waals surface area contributed by atoms with Gasteiger partial charge in [-0.2, -0.15) is 5.10 Å². The Hall–Kier alpha value is -3.27. The Morgan fingerprint density at radius 2 is 1.82 bits per heavy atom. The highest BCUT2D eigenvalue weighted by molar-refractivity contribution is 5.84. The zero-order valence-corrected chi connectivity index (χ0v) is 16.0. The van der Waals surface area contributed by atoms with Crippen LogP contribution in [0.2, 0.25) is 0 Å². The van der Waals surface area contributed by atoms with E-state index >= 15 is 0 Å². The molecule has 0 saturated carbocycles. The van der Waals surface area contributed by atoms with Crippen LogP contribution >= 0.6 is 0 Å². The lowest BCUT2D eigenvalue weighted by Crippen LogP contribution is -2.03. The summed E-state index contributed by atoms with van der Waals surface area (Å²) in [6.45, 7) is 0. The lowest BCUT2D eigenvalue weighted by molar-refractivity contribution is -0.118. The molecule has 4 rings (SSSR count). The quantitative estimate of drug-likeness (QED) is 0.471. The third-order valence-corrected chi connectivity index (χ3v) is 4.95. The minimum Gasteiger partial charge on any atom is -0.299 e. The molecule has 0 atom stereocenters. The maximum Gasteiger partial charge on any atom is 0.137 e. The Kier molecular flexibility index (Phi) is 5.29. The van der Waals surface area contributed by atoms with Crippen LogP contribution in [0.25, 0.3) is 22.0 Å². The lowest BCUT2D eigenvalue weighted by atomic mass is 9.99. The highest BCUT2D eigenvalue weighted by Crippen LogP contribution is 2.24. The molecule has 2 heterocycles. The summed E-state index contributed by atoms with van der Waals surface area (Å²) in [5.41, 5.74) is 5.66. The molecule has 28 heavy (non-hydrogen) atoms. The predicted molar refractivity (Wildman–Crippen MR) is 112 cm³/mol. The van der Waals surface area contributed by atoms with Gasteiger partial charge in [0, 0.05) is 43.9 Å². The fraction of sp³-hybridized carbons (Fsp3) is 0.208. The molecule has 4 heteroatoms. The third-order valence-electron chi connectivity index (χ3n) is 4.95. The molecule has 4 nitrogen and oxygen atoms in total. The van der Waals surface area contributed by atoms with Gasteiger partial charge in [0.2, 0.25) is 0 Å². The number of rotatable bonds is 7. The van der Waals surface area contributed by atoms with Crippen LogP contribution < -0.4 is 0 Å². The number of hydrogen-bond acceptors (Lipinski definition) is 3. The molecule has 0 spiro atoms. The zero-order valence-electron chi connectivity index (χ0n) is 16.0.